The molecule has 2 unspecified atom stereocenters. The van der Waals surface area contributed by atoms with Crippen molar-refractivity contribution in [2.24, 2.45) is 5.92 Å². The molecule has 4 heteroatoms. The standard InChI is InChI=1S/C13H19Cl2NO/c1-9(5-10(2)17)7-16-8-11-3-4-12(14)6-13(11)15/h3-4,6,9-10,16-17H,5,7-8H2,1-2H3. The molecule has 1 aromatic rings. The second-order valence-electron chi connectivity index (χ2n) is 4.56. The predicted octanol–water partition coefficient (Wildman–Crippen LogP) is 3.49. The van der Waals surface area contributed by atoms with E-state index in [1.807, 2.05) is 19.1 Å². The summed E-state index contributed by atoms with van der Waals surface area (Å²) >= 11 is 11.9. The molecule has 0 aliphatic rings. The normalized spacial score (nSPS) is 14.6. The molecule has 0 aliphatic heterocycles. The first-order chi connectivity index (χ1) is 7.99. The predicted molar refractivity (Wildman–Crippen MR) is 73.6 cm³/mol. The van der Waals surface area contributed by atoms with Gasteiger partial charge >= 0.3 is 0 Å². The first kappa shape index (κ1) is 14.8. The van der Waals surface area contributed by atoms with Gasteiger partial charge in [-0.1, -0.05) is 36.2 Å². The third-order valence-electron chi connectivity index (χ3n) is 2.57. The van der Waals surface area contributed by atoms with Gasteiger partial charge in [0, 0.05) is 16.6 Å². The molecule has 0 heterocycles. The molecule has 0 fully saturated rings. The zero-order valence-electron chi connectivity index (χ0n) is 10.2. The molecule has 1 aromatic carbocycles. The lowest BCUT2D eigenvalue weighted by molar-refractivity contribution is 0.163. The largest absolute Gasteiger partial charge is 0.393 e. The Morgan fingerprint density at radius 3 is 2.59 bits per heavy atom. The van der Waals surface area contributed by atoms with Crippen LogP contribution in [0.5, 0.6) is 0 Å². The van der Waals surface area contributed by atoms with E-state index in [4.69, 9.17) is 23.2 Å². The first-order valence-corrected chi connectivity index (χ1v) is 6.57. The van der Waals surface area contributed by atoms with Crippen LogP contribution in [-0.2, 0) is 6.54 Å². The molecule has 0 amide bonds. The molecule has 0 aliphatic carbocycles. The SMILES string of the molecule is CC(O)CC(C)CNCc1ccc(Cl)cc1Cl. The first-order valence-electron chi connectivity index (χ1n) is 5.81. The van der Waals surface area contributed by atoms with Crippen LogP contribution in [0.4, 0.5) is 0 Å². The summed E-state index contributed by atoms with van der Waals surface area (Å²) in [7, 11) is 0. The van der Waals surface area contributed by atoms with Crippen molar-refractivity contribution in [1.29, 1.82) is 0 Å². The van der Waals surface area contributed by atoms with E-state index in [0.717, 1.165) is 25.1 Å². The zero-order valence-corrected chi connectivity index (χ0v) is 11.7. The van der Waals surface area contributed by atoms with Crippen molar-refractivity contribution < 1.29 is 5.11 Å². The molecule has 96 valence electrons. The van der Waals surface area contributed by atoms with Crippen molar-refractivity contribution in [2.75, 3.05) is 6.54 Å². The van der Waals surface area contributed by atoms with E-state index in [1.54, 1.807) is 6.07 Å². The fourth-order valence-corrected chi connectivity index (χ4v) is 2.26. The van der Waals surface area contributed by atoms with E-state index in [1.165, 1.54) is 0 Å². The molecule has 0 radical (unpaired) electrons. The second-order valence-corrected chi connectivity index (χ2v) is 5.40. The summed E-state index contributed by atoms with van der Waals surface area (Å²) in [6.45, 7) is 5.51. The monoisotopic (exact) mass is 275 g/mol. The third-order valence-corrected chi connectivity index (χ3v) is 3.15. The molecule has 0 saturated carbocycles. The fraction of sp³-hybridized carbons (Fsp3) is 0.538. The smallest absolute Gasteiger partial charge is 0.0515 e. The van der Waals surface area contributed by atoms with Crippen LogP contribution in [0.1, 0.15) is 25.8 Å². The number of benzene rings is 1. The summed E-state index contributed by atoms with van der Waals surface area (Å²) in [5.74, 6) is 0.445. The zero-order chi connectivity index (χ0) is 12.8. The van der Waals surface area contributed by atoms with Gasteiger partial charge < -0.3 is 10.4 Å². The van der Waals surface area contributed by atoms with Crippen LogP contribution in [0.2, 0.25) is 10.0 Å². The quantitative estimate of drug-likeness (QED) is 0.833. The fourth-order valence-electron chi connectivity index (χ4n) is 1.78. The highest BCUT2D eigenvalue weighted by Crippen LogP contribution is 2.20. The van der Waals surface area contributed by atoms with Gasteiger partial charge in [-0.3, -0.25) is 0 Å². The molecule has 2 N–H and O–H groups in total. The summed E-state index contributed by atoms with van der Waals surface area (Å²) in [5, 5.41) is 13.9. The molecule has 0 bridgehead atoms. The average molecular weight is 276 g/mol. The second kappa shape index (κ2) is 7.22. The Hall–Kier alpha value is -0.280. The van der Waals surface area contributed by atoms with E-state index in [2.05, 4.69) is 12.2 Å². The Morgan fingerprint density at radius 1 is 1.29 bits per heavy atom. The molecule has 0 saturated heterocycles. The highest BCUT2D eigenvalue weighted by molar-refractivity contribution is 6.35. The minimum Gasteiger partial charge on any atom is -0.393 e. The van der Waals surface area contributed by atoms with Crippen LogP contribution in [0.25, 0.3) is 0 Å². The van der Waals surface area contributed by atoms with Crippen LogP contribution in [0.15, 0.2) is 18.2 Å². The van der Waals surface area contributed by atoms with Gasteiger partial charge in [0.05, 0.1) is 6.10 Å². The number of hydrogen-bond acceptors (Lipinski definition) is 2. The topological polar surface area (TPSA) is 32.3 Å². The number of nitrogens with one attached hydrogen (secondary N) is 1. The number of aliphatic hydroxyl groups is 1. The Kier molecular flexibility index (Phi) is 6.28. The summed E-state index contributed by atoms with van der Waals surface area (Å²) < 4.78 is 0. The molecule has 17 heavy (non-hydrogen) atoms. The van der Waals surface area contributed by atoms with Crippen molar-refractivity contribution in [2.45, 2.75) is 32.9 Å². The van der Waals surface area contributed by atoms with Gasteiger partial charge in [-0.2, -0.15) is 0 Å². The number of rotatable bonds is 6. The molecule has 0 spiro atoms. The maximum atomic E-state index is 9.25. The third kappa shape index (κ3) is 5.73. The molecular weight excluding hydrogens is 257 g/mol. The van der Waals surface area contributed by atoms with Crippen molar-refractivity contribution in [1.82, 2.24) is 5.32 Å². The molecule has 2 nitrogen and oxygen atoms in total. The minimum atomic E-state index is -0.245. The van der Waals surface area contributed by atoms with Gasteiger partial charge in [0.1, 0.15) is 0 Å². The van der Waals surface area contributed by atoms with E-state index < -0.39 is 0 Å². The number of aliphatic hydroxyl groups excluding tert-OH is 1. The van der Waals surface area contributed by atoms with Crippen molar-refractivity contribution in [3.8, 4) is 0 Å². The average Bonchev–Trinajstić information content (AvgIpc) is 2.20. The Morgan fingerprint density at radius 2 is 2.00 bits per heavy atom. The van der Waals surface area contributed by atoms with Gasteiger partial charge in [-0.15, -0.1) is 0 Å². The summed E-state index contributed by atoms with van der Waals surface area (Å²) in [5.41, 5.74) is 1.04. The van der Waals surface area contributed by atoms with Crippen LogP contribution in [-0.4, -0.2) is 17.8 Å². The van der Waals surface area contributed by atoms with Crippen molar-refractivity contribution in [3.63, 3.8) is 0 Å². The van der Waals surface area contributed by atoms with Gasteiger partial charge in [0.2, 0.25) is 0 Å². The van der Waals surface area contributed by atoms with E-state index in [-0.39, 0.29) is 6.10 Å². The minimum absolute atomic E-state index is 0.245. The lowest BCUT2D eigenvalue weighted by Crippen LogP contribution is -2.23. The van der Waals surface area contributed by atoms with Crippen molar-refractivity contribution >= 4 is 23.2 Å². The Balaban J connectivity index is 2.35. The van der Waals surface area contributed by atoms with Crippen LogP contribution >= 0.6 is 23.2 Å². The van der Waals surface area contributed by atoms with Crippen LogP contribution < -0.4 is 5.32 Å². The number of halogens is 2. The summed E-state index contributed by atoms with van der Waals surface area (Å²) in [4.78, 5) is 0. The molecule has 1 rings (SSSR count). The van der Waals surface area contributed by atoms with Crippen molar-refractivity contribution in [3.05, 3.63) is 33.8 Å². The van der Waals surface area contributed by atoms with E-state index >= 15 is 0 Å². The summed E-state index contributed by atoms with van der Waals surface area (Å²) in [6.07, 6.45) is 0.562. The van der Waals surface area contributed by atoms with Gasteiger partial charge in [-0.05, 0) is 43.5 Å². The Labute approximate surface area is 113 Å². The maximum Gasteiger partial charge on any atom is 0.0515 e. The van der Waals surface area contributed by atoms with E-state index in [0.29, 0.717) is 16.0 Å². The highest BCUT2D eigenvalue weighted by Gasteiger charge is 2.06. The molecule has 0 aromatic heterocycles. The summed E-state index contributed by atoms with van der Waals surface area (Å²) in [6, 6.07) is 5.51. The van der Waals surface area contributed by atoms with E-state index in [9.17, 15) is 5.11 Å². The maximum absolute atomic E-state index is 9.25. The highest BCUT2D eigenvalue weighted by atomic mass is 35.5. The van der Waals surface area contributed by atoms with Gasteiger partial charge in [0.15, 0.2) is 0 Å². The lowest BCUT2D eigenvalue weighted by atomic mass is 10.0. The lowest BCUT2D eigenvalue weighted by Gasteiger charge is -2.14. The van der Waals surface area contributed by atoms with Gasteiger partial charge in [-0.25, -0.2) is 0 Å². The number of hydrogen-bond donors (Lipinski definition) is 2. The van der Waals surface area contributed by atoms with Crippen LogP contribution in [0, 0.1) is 5.92 Å². The molecule has 2 atom stereocenters. The molecular formula is C13H19Cl2NO. The Bertz CT molecular complexity index is 355. The van der Waals surface area contributed by atoms with Crippen LogP contribution in [0.3, 0.4) is 0 Å². The van der Waals surface area contributed by atoms with Gasteiger partial charge in [0.25, 0.3) is 0 Å².